The van der Waals surface area contributed by atoms with Gasteiger partial charge in [-0.1, -0.05) is 0 Å². The zero-order chi connectivity index (χ0) is 11.3. The molecular weight excluding hydrogens is 226 g/mol. The molecule has 90 valence electrons. The number of hydrogen-bond donors (Lipinski definition) is 0. The highest BCUT2D eigenvalue weighted by Gasteiger charge is 2.51. The third-order valence-corrected chi connectivity index (χ3v) is 6.41. The second kappa shape index (κ2) is 3.74. The van der Waals surface area contributed by atoms with Gasteiger partial charge in [0.15, 0.2) is 0 Å². The van der Waals surface area contributed by atoms with Gasteiger partial charge in [-0.05, 0) is 68.4 Å². The highest BCUT2D eigenvalue weighted by Crippen LogP contribution is 2.61. The fourth-order valence-corrected chi connectivity index (χ4v) is 6.53. The first-order valence-corrected chi connectivity index (χ1v) is 7.72. The highest BCUT2D eigenvalue weighted by atomic mass is 32.2. The van der Waals surface area contributed by atoms with Crippen LogP contribution in [0.15, 0.2) is 29.4 Å². The first-order valence-electron chi connectivity index (χ1n) is 6.90. The van der Waals surface area contributed by atoms with Crippen molar-refractivity contribution in [2.75, 3.05) is 0 Å². The molecule has 1 heterocycles. The zero-order valence-electron chi connectivity index (χ0n) is 10.1. The van der Waals surface area contributed by atoms with Gasteiger partial charge in [-0.25, -0.2) is 0 Å². The van der Waals surface area contributed by atoms with E-state index in [0.29, 0.717) is 4.75 Å². The summed E-state index contributed by atoms with van der Waals surface area (Å²) in [5, 5.41) is 0. The Morgan fingerprint density at radius 1 is 0.941 bits per heavy atom. The van der Waals surface area contributed by atoms with Crippen molar-refractivity contribution in [2.45, 2.75) is 48.2 Å². The van der Waals surface area contributed by atoms with Crippen LogP contribution in [-0.2, 0) is 0 Å². The Balaban J connectivity index is 1.61. The molecule has 0 saturated heterocycles. The minimum Gasteiger partial charge on any atom is -0.265 e. The van der Waals surface area contributed by atoms with Gasteiger partial charge >= 0.3 is 0 Å². The topological polar surface area (TPSA) is 12.9 Å². The van der Waals surface area contributed by atoms with Crippen molar-refractivity contribution in [1.82, 2.24) is 4.98 Å². The monoisotopic (exact) mass is 245 g/mol. The van der Waals surface area contributed by atoms with Crippen LogP contribution in [0.3, 0.4) is 0 Å². The minimum absolute atomic E-state index is 0.593. The van der Waals surface area contributed by atoms with E-state index in [4.69, 9.17) is 0 Å². The van der Waals surface area contributed by atoms with Gasteiger partial charge in [0, 0.05) is 22.0 Å². The van der Waals surface area contributed by atoms with Crippen molar-refractivity contribution in [2.24, 2.45) is 17.8 Å². The van der Waals surface area contributed by atoms with Crippen molar-refractivity contribution >= 4 is 11.8 Å². The molecule has 0 spiro atoms. The fourth-order valence-electron chi connectivity index (χ4n) is 4.81. The molecule has 4 aliphatic carbocycles. The maximum atomic E-state index is 4.13. The van der Waals surface area contributed by atoms with Crippen molar-refractivity contribution in [3.05, 3.63) is 24.5 Å². The Hall–Kier alpha value is -0.500. The third kappa shape index (κ3) is 1.81. The number of rotatable bonds is 2. The molecule has 4 saturated carbocycles. The lowest BCUT2D eigenvalue weighted by Gasteiger charge is -2.56. The number of aromatic nitrogens is 1. The second-order valence-corrected chi connectivity index (χ2v) is 7.93. The molecule has 0 aliphatic heterocycles. The zero-order valence-corrected chi connectivity index (χ0v) is 11.0. The summed E-state index contributed by atoms with van der Waals surface area (Å²) >= 11 is 2.16. The van der Waals surface area contributed by atoms with E-state index in [-0.39, 0.29) is 0 Å². The van der Waals surface area contributed by atoms with Gasteiger partial charge in [-0.2, -0.15) is 0 Å². The van der Waals surface area contributed by atoms with Crippen LogP contribution in [0, 0.1) is 17.8 Å². The first kappa shape index (κ1) is 10.4. The van der Waals surface area contributed by atoms with E-state index in [1.54, 1.807) is 0 Å². The van der Waals surface area contributed by atoms with Gasteiger partial charge in [-0.15, -0.1) is 11.8 Å². The SMILES string of the molecule is c1cc(SC23CC4CC(CC(C4)C2)C3)ccn1. The number of nitrogens with zero attached hydrogens (tertiary/aromatic N) is 1. The average molecular weight is 245 g/mol. The Bertz CT molecular complexity index is 379. The molecule has 0 amide bonds. The summed E-state index contributed by atoms with van der Waals surface area (Å²) in [4.78, 5) is 5.56. The lowest BCUT2D eigenvalue weighted by atomic mass is 9.56. The highest BCUT2D eigenvalue weighted by molar-refractivity contribution is 8.00. The predicted molar refractivity (Wildman–Crippen MR) is 71.0 cm³/mol. The van der Waals surface area contributed by atoms with Crippen LogP contribution < -0.4 is 0 Å². The maximum absolute atomic E-state index is 4.13. The van der Waals surface area contributed by atoms with Crippen LogP contribution >= 0.6 is 11.8 Å². The molecule has 4 aliphatic rings. The Kier molecular flexibility index (Phi) is 2.30. The summed E-state index contributed by atoms with van der Waals surface area (Å²) in [6, 6.07) is 4.37. The lowest BCUT2D eigenvalue weighted by Crippen LogP contribution is -2.48. The lowest BCUT2D eigenvalue weighted by molar-refractivity contribution is 0.0383. The van der Waals surface area contributed by atoms with Crippen molar-refractivity contribution < 1.29 is 0 Å². The van der Waals surface area contributed by atoms with E-state index < -0.39 is 0 Å². The quantitative estimate of drug-likeness (QED) is 0.776. The van der Waals surface area contributed by atoms with Crippen LogP contribution in [0.1, 0.15) is 38.5 Å². The van der Waals surface area contributed by atoms with Gasteiger partial charge in [0.05, 0.1) is 0 Å². The van der Waals surface area contributed by atoms with Crippen molar-refractivity contribution in [3.63, 3.8) is 0 Å². The minimum atomic E-state index is 0.593. The molecule has 0 aromatic carbocycles. The summed E-state index contributed by atoms with van der Waals surface area (Å²) in [5.41, 5.74) is 0. The average Bonchev–Trinajstić information content (AvgIpc) is 2.27. The fraction of sp³-hybridized carbons (Fsp3) is 0.667. The molecular formula is C15H19NS. The molecule has 0 unspecified atom stereocenters. The number of hydrogen-bond acceptors (Lipinski definition) is 2. The Morgan fingerprint density at radius 2 is 1.47 bits per heavy atom. The molecule has 1 nitrogen and oxygen atoms in total. The van der Waals surface area contributed by atoms with E-state index in [9.17, 15) is 0 Å². The number of pyridine rings is 1. The second-order valence-electron chi connectivity index (χ2n) is 6.39. The van der Waals surface area contributed by atoms with Crippen LogP contribution in [0.5, 0.6) is 0 Å². The van der Waals surface area contributed by atoms with Crippen LogP contribution in [-0.4, -0.2) is 9.73 Å². The maximum Gasteiger partial charge on any atom is 0.0278 e. The number of thioether (sulfide) groups is 1. The molecule has 2 heteroatoms. The molecule has 0 radical (unpaired) electrons. The largest absolute Gasteiger partial charge is 0.265 e. The van der Waals surface area contributed by atoms with Gasteiger partial charge in [0.1, 0.15) is 0 Å². The Labute approximate surface area is 107 Å². The molecule has 1 aromatic heterocycles. The van der Waals surface area contributed by atoms with Crippen LogP contribution in [0.25, 0.3) is 0 Å². The molecule has 17 heavy (non-hydrogen) atoms. The van der Waals surface area contributed by atoms with E-state index in [1.807, 2.05) is 12.4 Å². The van der Waals surface area contributed by atoms with Gasteiger partial charge < -0.3 is 0 Å². The summed E-state index contributed by atoms with van der Waals surface area (Å²) in [5.74, 6) is 3.15. The standard InChI is InChI=1S/C15H19NS/c1-3-16-4-2-14(1)17-15-8-11-5-12(9-15)7-13(6-11)10-15/h1-4,11-13H,5-10H2. The van der Waals surface area contributed by atoms with Crippen LogP contribution in [0.2, 0.25) is 0 Å². The summed E-state index contributed by atoms with van der Waals surface area (Å²) in [6.45, 7) is 0. The normalized spacial score (nSPS) is 42.9. The van der Waals surface area contributed by atoms with E-state index in [2.05, 4.69) is 28.9 Å². The van der Waals surface area contributed by atoms with Gasteiger partial charge in [0.25, 0.3) is 0 Å². The molecule has 0 atom stereocenters. The van der Waals surface area contributed by atoms with Crippen molar-refractivity contribution in [1.29, 1.82) is 0 Å². The predicted octanol–water partition coefficient (Wildman–Crippen LogP) is 4.14. The van der Waals surface area contributed by atoms with Gasteiger partial charge in [0.2, 0.25) is 0 Å². The Morgan fingerprint density at radius 3 is 2.00 bits per heavy atom. The molecule has 4 bridgehead atoms. The summed E-state index contributed by atoms with van der Waals surface area (Å²) in [7, 11) is 0. The van der Waals surface area contributed by atoms with E-state index >= 15 is 0 Å². The van der Waals surface area contributed by atoms with Crippen LogP contribution in [0.4, 0.5) is 0 Å². The van der Waals surface area contributed by atoms with E-state index in [0.717, 1.165) is 17.8 Å². The van der Waals surface area contributed by atoms with Crippen molar-refractivity contribution in [3.8, 4) is 0 Å². The molecule has 0 N–H and O–H groups in total. The smallest absolute Gasteiger partial charge is 0.0278 e. The first-order chi connectivity index (χ1) is 8.31. The molecule has 4 fully saturated rings. The summed E-state index contributed by atoms with van der Waals surface area (Å²) < 4.78 is 0.593. The van der Waals surface area contributed by atoms with Gasteiger partial charge in [-0.3, -0.25) is 4.98 Å². The third-order valence-electron chi connectivity index (χ3n) is 4.97. The molecule has 1 aromatic rings. The summed E-state index contributed by atoms with van der Waals surface area (Å²) in [6.07, 6.45) is 12.9. The molecule has 5 rings (SSSR count). The van der Waals surface area contributed by atoms with E-state index in [1.165, 1.54) is 43.4 Å².